The minimum Gasteiger partial charge on any atom is -0.449 e. The number of carbonyl (C=O) groups excluding carboxylic acids is 1. The number of fused-ring (bicyclic) bond motifs is 2. The third-order valence-electron chi connectivity index (χ3n) is 5.18. The van der Waals surface area contributed by atoms with E-state index in [0.29, 0.717) is 35.5 Å². The average Bonchev–Trinajstić information content (AvgIpc) is 2.90. The van der Waals surface area contributed by atoms with Gasteiger partial charge in [0.05, 0.1) is 17.1 Å². The fraction of sp³-hybridized carbons (Fsp3) is 0.316. The molecule has 2 heterocycles. The van der Waals surface area contributed by atoms with Crippen LogP contribution in [0.3, 0.4) is 0 Å². The Morgan fingerprint density at radius 3 is 2.67 bits per heavy atom. The van der Waals surface area contributed by atoms with Crippen LogP contribution in [0.5, 0.6) is 0 Å². The van der Waals surface area contributed by atoms with Crippen LogP contribution in [0.2, 0.25) is 10.0 Å². The molecule has 2 aliphatic rings. The third kappa shape index (κ3) is 2.95. The topological polar surface area (TPSA) is 63.7 Å². The minimum atomic E-state index is -3.86. The zero-order chi connectivity index (χ0) is 19.4. The monoisotopic (exact) mass is 425 g/mol. The number of esters is 1. The predicted octanol–water partition coefficient (Wildman–Crippen LogP) is 4.15. The van der Waals surface area contributed by atoms with Crippen LogP contribution in [-0.4, -0.2) is 31.8 Å². The van der Waals surface area contributed by atoms with Gasteiger partial charge in [0.25, 0.3) is 0 Å². The van der Waals surface area contributed by atoms with E-state index < -0.39 is 21.6 Å². The first-order chi connectivity index (χ1) is 12.7. The van der Waals surface area contributed by atoms with Gasteiger partial charge in [-0.1, -0.05) is 41.4 Å². The summed E-state index contributed by atoms with van der Waals surface area (Å²) in [5, 5.41) is 0.488. The van der Waals surface area contributed by atoms with E-state index in [1.54, 1.807) is 19.1 Å². The van der Waals surface area contributed by atoms with Crippen LogP contribution in [0.1, 0.15) is 34.3 Å². The van der Waals surface area contributed by atoms with E-state index in [1.807, 2.05) is 12.1 Å². The molecule has 1 fully saturated rings. The molecule has 142 valence electrons. The molecule has 4 rings (SSSR count). The molecule has 2 aromatic carbocycles. The normalized spacial score (nSPS) is 22.7. The first-order valence-corrected chi connectivity index (χ1v) is 10.7. The van der Waals surface area contributed by atoms with Gasteiger partial charge in [-0.2, -0.15) is 4.31 Å². The molecular formula is C19H17Cl2NO4S. The van der Waals surface area contributed by atoms with Crippen LogP contribution >= 0.6 is 23.2 Å². The Labute approximate surface area is 167 Å². The summed E-state index contributed by atoms with van der Waals surface area (Å²) in [5.41, 5.74) is 0.918. The summed E-state index contributed by atoms with van der Waals surface area (Å²) in [6, 6.07) is 10.1. The van der Waals surface area contributed by atoms with Gasteiger partial charge in [0.15, 0.2) is 5.60 Å². The van der Waals surface area contributed by atoms with Crippen molar-refractivity contribution in [3.63, 3.8) is 0 Å². The van der Waals surface area contributed by atoms with E-state index in [1.165, 1.54) is 16.4 Å². The fourth-order valence-corrected chi connectivity index (χ4v) is 6.14. The second kappa shape index (κ2) is 6.48. The average molecular weight is 426 g/mol. The van der Waals surface area contributed by atoms with Crippen molar-refractivity contribution in [1.82, 2.24) is 4.31 Å². The number of hydrogen-bond acceptors (Lipinski definition) is 4. The van der Waals surface area contributed by atoms with Crippen molar-refractivity contribution in [2.24, 2.45) is 0 Å². The van der Waals surface area contributed by atoms with E-state index in [0.717, 1.165) is 5.56 Å². The number of benzene rings is 2. The van der Waals surface area contributed by atoms with E-state index in [-0.39, 0.29) is 16.5 Å². The van der Waals surface area contributed by atoms with Crippen LogP contribution < -0.4 is 0 Å². The van der Waals surface area contributed by atoms with Gasteiger partial charge in [-0.15, -0.1) is 0 Å². The number of nitrogens with zero attached hydrogens (tertiary/aromatic N) is 1. The summed E-state index contributed by atoms with van der Waals surface area (Å²) < 4.78 is 33.6. The maximum Gasteiger partial charge on any atom is 0.339 e. The summed E-state index contributed by atoms with van der Waals surface area (Å²) in [6.45, 7) is 2.13. The smallest absolute Gasteiger partial charge is 0.339 e. The molecule has 1 unspecified atom stereocenters. The SMILES string of the molecule is Cc1cc(S(=O)(=O)N2CCCC3(C2)OC(=O)c2ccccc23)c(Cl)cc1Cl. The van der Waals surface area contributed by atoms with Crippen molar-refractivity contribution >= 4 is 39.2 Å². The maximum atomic E-state index is 13.3. The van der Waals surface area contributed by atoms with Gasteiger partial charge in [-0.25, -0.2) is 13.2 Å². The Balaban J connectivity index is 1.74. The van der Waals surface area contributed by atoms with E-state index in [9.17, 15) is 13.2 Å². The Kier molecular flexibility index (Phi) is 4.50. The molecule has 1 atom stereocenters. The second-order valence-electron chi connectivity index (χ2n) is 6.90. The van der Waals surface area contributed by atoms with Crippen LogP contribution in [0, 0.1) is 6.92 Å². The maximum absolute atomic E-state index is 13.3. The Hall–Kier alpha value is -1.60. The lowest BCUT2D eigenvalue weighted by Gasteiger charge is -2.39. The second-order valence-corrected chi connectivity index (χ2v) is 9.62. The van der Waals surface area contributed by atoms with Gasteiger partial charge >= 0.3 is 5.97 Å². The standard InChI is InChI=1S/C19H17Cl2NO4S/c1-12-9-17(16(21)10-15(12)20)27(24,25)22-8-4-7-19(11-22)14-6-3-2-5-13(14)18(23)26-19/h2-3,5-6,9-10H,4,7-8,11H2,1H3. The molecule has 0 N–H and O–H groups in total. The lowest BCUT2D eigenvalue weighted by molar-refractivity contribution is -0.0345. The van der Waals surface area contributed by atoms with Gasteiger partial charge in [0.1, 0.15) is 4.90 Å². The summed E-state index contributed by atoms with van der Waals surface area (Å²) in [6.07, 6.45) is 1.15. The molecule has 2 aliphatic heterocycles. The number of carbonyl (C=O) groups is 1. The zero-order valence-electron chi connectivity index (χ0n) is 14.5. The first kappa shape index (κ1) is 18.7. The van der Waals surface area contributed by atoms with Crippen molar-refractivity contribution in [2.45, 2.75) is 30.3 Å². The van der Waals surface area contributed by atoms with Crippen LogP contribution in [-0.2, 0) is 20.4 Å². The number of halogens is 2. The number of piperidine rings is 1. The molecule has 0 aromatic heterocycles. The van der Waals surface area contributed by atoms with Gasteiger partial charge in [-0.3, -0.25) is 0 Å². The van der Waals surface area contributed by atoms with Crippen molar-refractivity contribution in [3.05, 3.63) is 63.1 Å². The molecule has 1 saturated heterocycles. The Morgan fingerprint density at radius 1 is 1.15 bits per heavy atom. The lowest BCUT2D eigenvalue weighted by Crippen LogP contribution is -2.48. The van der Waals surface area contributed by atoms with E-state index in [4.69, 9.17) is 27.9 Å². The largest absolute Gasteiger partial charge is 0.449 e. The Bertz CT molecular complexity index is 1050. The fourth-order valence-electron chi connectivity index (χ4n) is 3.81. The number of hydrogen-bond donors (Lipinski definition) is 0. The van der Waals surface area contributed by atoms with Crippen LogP contribution in [0.4, 0.5) is 0 Å². The summed E-state index contributed by atoms with van der Waals surface area (Å²) in [7, 11) is -3.86. The van der Waals surface area contributed by atoms with Crippen LogP contribution in [0.25, 0.3) is 0 Å². The highest BCUT2D eigenvalue weighted by Gasteiger charge is 2.50. The van der Waals surface area contributed by atoms with Crippen LogP contribution in [0.15, 0.2) is 41.3 Å². The molecule has 0 amide bonds. The lowest BCUT2D eigenvalue weighted by atomic mass is 9.86. The van der Waals surface area contributed by atoms with E-state index in [2.05, 4.69) is 0 Å². The van der Waals surface area contributed by atoms with Gasteiger partial charge in [-0.05, 0) is 43.5 Å². The third-order valence-corrected chi connectivity index (χ3v) is 7.89. The highest BCUT2D eigenvalue weighted by atomic mass is 35.5. The molecular weight excluding hydrogens is 409 g/mol. The molecule has 8 heteroatoms. The molecule has 1 spiro atoms. The van der Waals surface area contributed by atoms with Crippen molar-refractivity contribution in [1.29, 1.82) is 0 Å². The molecule has 27 heavy (non-hydrogen) atoms. The number of rotatable bonds is 2. The molecule has 0 saturated carbocycles. The number of sulfonamides is 1. The minimum absolute atomic E-state index is 0.0146. The highest BCUT2D eigenvalue weighted by Crippen LogP contribution is 2.44. The quantitative estimate of drug-likeness (QED) is 0.677. The summed E-state index contributed by atoms with van der Waals surface area (Å²) >= 11 is 12.2. The van der Waals surface area contributed by atoms with Gasteiger partial charge in [0, 0.05) is 17.1 Å². The van der Waals surface area contributed by atoms with Crippen molar-refractivity contribution in [3.8, 4) is 0 Å². The van der Waals surface area contributed by atoms with Gasteiger partial charge in [0.2, 0.25) is 10.0 Å². The highest BCUT2D eigenvalue weighted by molar-refractivity contribution is 7.89. The predicted molar refractivity (Wildman–Crippen MR) is 103 cm³/mol. The first-order valence-electron chi connectivity index (χ1n) is 8.53. The molecule has 2 aromatic rings. The Morgan fingerprint density at radius 2 is 1.89 bits per heavy atom. The number of aryl methyl sites for hydroxylation is 1. The summed E-state index contributed by atoms with van der Waals surface area (Å²) in [5.74, 6) is -0.412. The molecule has 5 nitrogen and oxygen atoms in total. The van der Waals surface area contributed by atoms with Crippen molar-refractivity contribution < 1.29 is 17.9 Å². The van der Waals surface area contributed by atoms with Crippen molar-refractivity contribution in [2.75, 3.05) is 13.1 Å². The van der Waals surface area contributed by atoms with Gasteiger partial charge < -0.3 is 4.74 Å². The molecule has 0 aliphatic carbocycles. The molecule has 0 bridgehead atoms. The number of ether oxygens (including phenoxy) is 1. The van der Waals surface area contributed by atoms with E-state index >= 15 is 0 Å². The molecule has 0 radical (unpaired) electrons. The summed E-state index contributed by atoms with van der Waals surface area (Å²) in [4.78, 5) is 12.3. The zero-order valence-corrected chi connectivity index (χ0v) is 16.9.